The Labute approximate surface area is 113 Å². The number of nitrogens with two attached hydrogens (primary N) is 1. The summed E-state index contributed by atoms with van der Waals surface area (Å²) in [5, 5.41) is 9.06. The van der Waals surface area contributed by atoms with Crippen LogP contribution in [0.2, 0.25) is 0 Å². The monoisotopic (exact) mass is 257 g/mol. The summed E-state index contributed by atoms with van der Waals surface area (Å²) in [6.07, 6.45) is 5.37. The van der Waals surface area contributed by atoms with Gasteiger partial charge in [0.25, 0.3) is 0 Å². The van der Waals surface area contributed by atoms with Gasteiger partial charge < -0.3 is 10.6 Å². The van der Waals surface area contributed by atoms with Crippen LogP contribution < -0.4 is 10.6 Å². The van der Waals surface area contributed by atoms with Gasteiger partial charge in [0.05, 0.1) is 11.3 Å². The first-order valence-corrected chi connectivity index (χ1v) is 6.82. The minimum Gasteiger partial charge on any atom is -0.395 e. The van der Waals surface area contributed by atoms with Crippen molar-refractivity contribution in [3.63, 3.8) is 0 Å². The molecule has 100 valence electrons. The molecule has 5 heteroatoms. The quantitative estimate of drug-likeness (QED) is 0.819. The maximum atomic E-state index is 9.06. The molecule has 2 fully saturated rings. The Kier molecular flexibility index (Phi) is 3.03. The maximum absolute atomic E-state index is 9.06. The van der Waals surface area contributed by atoms with Crippen LogP contribution in [0.25, 0.3) is 0 Å². The van der Waals surface area contributed by atoms with Crippen molar-refractivity contribution in [2.75, 3.05) is 30.8 Å². The van der Waals surface area contributed by atoms with Gasteiger partial charge in [0.15, 0.2) is 5.82 Å². The van der Waals surface area contributed by atoms with Crippen molar-refractivity contribution < 1.29 is 0 Å². The minimum atomic E-state index is 0.519. The molecule has 2 atom stereocenters. The van der Waals surface area contributed by atoms with E-state index in [9.17, 15) is 0 Å². The predicted octanol–water partition coefficient (Wildman–Crippen LogP) is 1.21. The minimum absolute atomic E-state index is 0.519. The molecule has 5 nitrogen and oxygen atoms in total. The Balaban J connectivity index is 1.89. The zero-order valence-electron chi connectivity index (χ0n) is 11.2. The molecule has 3 rings (SSSR count). The molecule has 2 bridgehead atoms. The van der Waals surface area contributed by atoms with Gasteiger partial charge in [0.2, 0.25) is 0 Å². The molecule has 0 radical (unpaired) electrons. The molecule has 0 saturated carbocycles. The summed E-state index contributed by atoms with van der Waals surface area (Å²) in [5.41, 5.74) is 7.11. The lowest BCUT2D eigenvalue weighted by atomic mass is 10.1. The lowest BCUT2D eigenvalue weighted by molar-refractivity contribution is 0.254. The number of pyridine rings is 1. The van der Waals surface area contributed by atoms with Crippen LogP contribution in [-0.2, 0) is 0 Å². The molecule has 1 aromatic rings. The molecule has 2 aliphatic rings. The van der Waals surface area contributed by atoms with Gasteiger partial charge in [-0.1, -0.05) is 0 Å². The average Bonchev–Trinajstić information content (AvgIpc) is 2.64. The maximum Gasteiger partial charge on any atom is 0.153 e. The van der Waals surface area contributed by atoms with Crippen molar-refractivity contribution in [1.29, 1.82) is 5.26 Å². The van der Waals surface area contributed by atoms with E-state index in [1.54, 1.807) is 12.3 Å². The van der Waals surface area contributed by atoms with E-state index in [4.69, 9.17) is 11.0 Å². The van der Waals surface area contributed by atoms with Crippen molar-refractivity contribution >= 4 is 11.5 Å². The van der Waals surface area contributed by atoms with Gasteiger partial charge in [-0.3, -0.25) is 4.90 Å². The summed E-state index contributed by atoms with van der Waals surface area (Å²) in [6, 6.07) is 5.08. The van der Waals surface area contributed by atoms with E-state index in [0.717, 1.165) is 25.3 Å². The highest BCUT2D eigenvalue weighted by atomic mass is 15.3. The number of aromatic nitrogens is 1. The molecular weight excluding hydrogens is 238 g/mol. The Morgan fingerprint density at radius 1 is 1.37 bits per heavy atom. The Bertz CT molecular complexity index is 521. The molecule has 2 unspecified atom stereocenters. The van der Waals surface area contributed by atoms with Gasteiger partial charge in [-0.15, -0.1) is 0 Å². The molecule has 0 amide bonds. The third-order valence-electron chi connectivity index (χ3n) is 4.54. The van der Waals surface area contributed by atoms with E-state index in [0.29, 0.717) is 23.3 Å². The van der Waals surface area contributed by atoms with Crippen LogP contribution >= 0.6 is 0 Å². The number of fused-ring (bicyclic) bond motifs is 2. The second kappa shape index (κ2) is 4.71. The van der Waals surface area contributed by atoms with Crippen molar-refractivity contribution in [2.45, 2.75) is 31.3 Å². The molecule has 1 aromatic heterocycles. The van der Waals surface area contributed by atoms with Crippen molar-refractivity contribution in [3.05, 3.63) is 17.8 Å². The molecule has 2 saturated heterocycles. The fourth-order valence-corrected chi connectivity index (χ4v) is 3.31. The zero-order chi connectivity index (χ0) is 13.4. The number of anilines is 2. The topological polar surface area (TPSA) is 69.2 Å². The van der Waals surface area contributed by atoms with Crippen molar-refractivity contribution in [1.82, 2.24) is 9.88 Å². The molecular formula is C14H19N5. The zero-order valence-corrected chi connectivity index (χ0v) is 11.2. The summed E-state index contributed by atoms with van der Waals surface area (Å²) in [4.78, 5) is 9.13. The van der Waals surface area contributed by atoms with Crippen LogP contribution in [0.15, 0.2) is 12.3 Å². The number of nitrogen functional groups attached to an aromatic ring is 1. The molecule has 2 aliphatic heterocycles. The largest absolute Gasteiger partial charge is 0.395 e. The highest BCUT2D eigenvalue weighted by Crippen LogP contribution is 2.32. The number of rotatable bonds is 1. The Hall–Kier alpha value is -1.80. The molecule has 2 N–H and O–H groups in total. The lowest BCUT2D eigenvalue weighted by Crippen LogP contribution is -2.37. The van der Waals surface area contributed by atoms with Gasteiger partial charge in [0, 0.05) is 31.4 Å². The van der Waals surface area contributed by atoms with Crippen molar-refractivity contribution in [2.24, 2.45) is 0 Å². The van der Waals surface area contributed by atoms with Gasteiger partial charge in [-0.25, -0.2) is 4.98 Å². The van der Waals surface area contributed by atoms with Gasteiger partial charge >= 0.3 is 0 Å². The average molecular weight is 257 g/mol. The number of nitriles is 1. The van der Waals surface area contributed by atoms with Crippen LogP contribution in [0.4, 0.5) is 11.5 Å². The van der Waals surface area contributed by atoms with E-state index < -0.39 is 0 Å². The standard InChI is InChI=1S/C14H19N5/c1-18-11-2-3-12(18)9-19(7-5-11)14-13(16)10(8-15)4-6-17-14/h4,6,11-12H,2-3,5,7,9,16H2,1H3. The van der Waals surface area contributed by atoms with E-state index in [-0.39, 0.29) is 0 Å². The first kappa shape index (κ1) is 12.2. The van der Waals surface area contributed by atoms with Crippen LogP contribution in [-0.4, -0.2) is 42.1 Å². The number of nitrogens with zero attached hydrogens (tertiary/aromatic N) is 4. The molecule has 19 heavy (non-hydrogen) atoms. The summed E-state index contributed by atoms with van der Waals surface area (Å²) >= 11 is 0. The summed E-state index contributed by atoms with van der Waals surface area (Å²) in [5.74, 6) is 0.778. The fourth-order valence-electron chi connectivity index (χ4n) is 3.31. The van der Waals surface area contributed by atoms with Gasteiger partial charge in [-0.2, -0.15) is 5.26 Å². The first-order chi connectivity index (χ1) is 9.20. The van der Waals surface area contributed by atoms with Crippen LogP contribution in [0.3, 0.4) is 0 Å². The third kappa shape index (κ3) is 2.02. The molecule has 3 heterocycles. The van der Waals surface area contributed by atoms with Crippen molar-refractivity contribution in [3.8, 4) is 6.07 Å². The number of hydrogen-bond donors (Lipinski definition) is 1. The highest BCUT2D eigenvalue weighted by molar-refractivity contribution is 5.70. The number of hydrogen-bond acceptors (Lipinski definition) is 5. The predicted molar refractivity (Wildman–Crippen MR) is 74.8 cm³/mol. The summed E-state index contributed by atoms with van der Waals surface area (Å²) < 4.78 is 0. The highest BCUT2D eigenvalue weighted by Gasteiger charge is 2.35. The third-order valence-corrected chi connectivity index (χ3v) is 4.54. The van der Waals surface area contributed by atoms with Crippen LogP contribution in [0, 0.1) is 11.3 Å². The van der Waals surface area contributed by atoms with E-state index in [2.05, 4.69) is 27.9 Å². The van der Waals surface area contributed by atoms with E-state index >= 15 is 0 Å². The van der Waals surface area contributed by atoms with Crippen LogP contribution in [0.1, 0.15) is 24.8 Å². The Morgan fingerprint density at radius 3 is 2.95 bits per heavy atom. The normalized spacial score (nSPS) is 27.1. The summed E-state index contributed by atoms with van der Waals surface area (Å²) in [6.45, 7) is 1.93. The lowest BCUT2D eigenvalue weighted by Gasteiger charge is -2.27. The summed E-state index contributed by atoms with van der Waals surface area (Å²) in [7, 11) is 2.22. The van der Waals surface area contributed by atoms with E-state index in [1.165, 1.54) is 12.8 Å². The fraction of sp³-hybridized carbons (Fsp3) is 0.571. The first-order valence-electron chi connectivity index (χ1n) is 6.82. The Morgan fingerprint density at radius 2 is 2.16 bits per heavy atom. The van der Waals surface area contributed by atoms with E-state index in [1.807, 2.05) is 0 Å². The molecule has 0 aliphatic carbocycles. The smallest absolute Gasteiger partial charge is 0.153 e. The molecule has 0 spiro atoms. The van der Waals surface area contributed by atoms with Gasteiger partial charge in [-0.05, 0) is 32.4 Å². The second-order valence-electron chi connectivity index (χ2n) is 5.49. The van der Waals surface area contributed by atoms with Gasteiger partial charge in [0.1, 0.15) is 6.07 Å². The SMILES string of the molecule is CN1C2CCC1CN(c1nccc(C#N)c1N)CC2. The second-order valence-corrected chi connectivity index (χ2v) is 5.49. The molecule has 0 aromatic carbocycles. The number of likely N-dealkylation sites (N-methyl/N-ethyl adjacent to an activating group) is 1. The van der Waals surface area contributed by atoms with Crippen LogP contribution in [0.5, 0.6) is 0 Å².